The fourth-order valence-electron chi connectivity index (χ4n) is 13.7. The van der Waals surface area contributed by atoms with Gasteiger partial charge in [-0.05, 0) is 162 Å². The number of unbranched alkanes of at least 4 members (excludes halogenated alkanes) is 9. The molecule has 0 aromatic heterocycles. The highest BCUT2D eigenvalue weighted by molar-refractivity contribution is 5.25. The highest BCUT2D eigenvalue weighted by Crippen LogP contribution is 2.67. The first-order valence-corrected chi connectivity index (χ1v) is 29.0. The maximum Gasteiger partial charge on any atom is 0.0936 e. The monoisotopic (exact) mass is 938 g/mol. The fraction of sp³-hybridized carbons (Fsp3) is 0.900. The highest BCUT2D eigenvalue weighted by atomic mass is 16.6. The Bertz CT molecular complexity index is 1360. The van der Waals surface area contributed by atoms with Crippen LogP contribution in [-0.4, -0.2) is 103 Å². The Kier molecular flexibility index (Phi) is 27.8. The van der Waals surface area contributed by atoms with Crippen LogP contribution in [0.4, 0.5) is 0 Å². The summed E-state index contributed by atoms with van der Waals surface area (Å²) in [5, 5.41) is 0. The van der Waals surface area contributed by atoms with E-state index in [4.69, 9.17) is 28.4 Å². The zero-order chi connectivity index (χ0) is 47.4. The zero-order valence-corrected chi connectivity index (χ0v) is 44.8. The first-order valence-electron chi connectivity index (χ1n) is 29.0. The van der Waals surface area contributed by atoms with Gasteiger partial charge in [0.15, 0.2) is 0 Å². The number of hydrogen-bond donors (Lipinski definition) is 0. The Labute approximate surface area is 414 Å². The normalized spacial score (nSPS) is 28.6. The molecular weight excluding hydrogens is 831 g/mol. The van der Waals surface area contributed by atoms with Gasteiger partial charge in [-0.3, -0.25) is 0 Å². The van der Waals surface area contributed by atoms with Crippen LogP contribution < -0.4 is 0 Å². The van der Waals surface area contributed by atoms with Crippen LogP contribution in [0.3, 0.4) is 0 Å². The van der Waals surface area contributed by atoms with Gasteiger partial charge < -0.3 is 33.3 Å². The Morgan fingerprint density at radius 1 is 0.657 bits per heavy atom. The van der Waals surface area contributed by atoms with Gasteiger partial charge >= 0.3 is 0 Å². The van der Waals surface area contributed by atoms with Crippen LogP contribution in [0.5, 0.6) is 0 Å². The molecule has 0 aromatic carbocycles. The lowest BCUT2D eigenvalue weighted by atomic mass is 9.47. The van der Waals surface area contributed by atoms with Gasteiger partial charge in [0.1, 0.15) is 0 Å². The second kappa shape index (κ2) is 32.8. The fourth-order valence-corrected chi connectivity index (χ4v) is 13.7. The molecule has 0 radical (unpaired) electrons. The third-order valence-electron chi connectivity index (χ3n) is 17.6. The second-order valence-electron chi connectivity index (χ2n) is 23.0. The largest absolute Gasteiger partial charge is 0.379 e. The molecule has 0 spiro atoms. The maximum atomic E-state index is 6.44. The van der Waals surface area contributed by atoms with Gasteiger partial charge in [0.2, 0.25) is 0 Å². The number of hydrogen-bond acceptors (Lipinski definition) is 7. The third-order valence-corrected chi connectivity index (χ3v) is 17.6. The summed E-state index contributed by atoms with van der Waals surface area (Å²) >= 11 is 0. The van der Waals surface area contributed by atoms with Crippen molar-refractivity contribution in [1.82, 2.24) is 4.90 Å². The molecule has 67 heavy (non-hydrogen) atoms. The average Bonchev–Trinajstić information content (AvgIpc) is 3.97. The van der Waals surface area contributed by atoms with Crippen molar-refractivity contribution in [2.75, 3.05) is 85.7 Å². The van der Waals surface area contributed by atoms with E-state index in [2.05, 4.69) is 76.8 Å². The summed E-state index contributed by atoms with van der Waals surface area (Å²) in [5.41, 5.74) is 2.66. The summed E-state index contributed by atoms with van der Waals surface area (Å²) < 4.78 is 36.4. The van der Waals surface area contributed by atoms with E-state index in [1.165, 1.54) is 154 Å². The first-order chi connectivity index (χ1) is 32.7. The van der Waals surface area contributed by atoms with E-state index in [-0.39, 0.29) is 6.10 Å². The molecule has 9 atom stereocenters. The number of allylic oxidation sites excluding steroid dienone is 5. The van der Waals surface area contributed by atoms with Crippen molar-refractivity contribution < 1.29 is 28.4 Å². The van der Waals surface area contributed by atoms with Crippen molar-refractivity contribution in [2.24, 2.45) is 46.3 Å². The van der Waals surface area contributed by atoms with Crippen molar-refractivity contribution >= 4 is 0 Å². The minimum Gasteiger partial charge on any atom is -0.379 e. The zero-order valence-electron chi connectivity index (χ0n) is 44.8. The van der Waals surface area contributed by atoms with E-state index in [0.717, 1.165) is 67.9 Å². The molecule has 4 fully saturated rings. The molecule has 7 nitrogen and oxygen atoms in total. The number of ether oxygens (including phenoxy) is 6. The molecule has 1 saturated heterocycles. The minimum absolute atomic E-state index is 0.103. The summed E-state index contributed by atoms with van der Waals surface area (Å²) in [6.45, 7) is 24.6. The summed E-state index contributed by atoms with van der Waals surface area (Å²) in [7, 11) is 0. The van der Waals surface area contributed by atoms with Crippen molar-refractivity contribution in [3.05, 3.63) is 36.0 Å². The van der Waals surface area contributed by atoms with Crippen LogP contribution in [0.2, 0.25) is 0 Å². The van der Waals surface area contributed by atoms with Crippen LogP contribution in [0, 0.1) is 46.3 Å². The number of fused-ring (bicyclic) bond motifs is 5. The van der Waals surface area contributed by atoms with Gasteiger partial charge in [-0.1, -0.05) is 135 Å². The molecule has 7 heteroatoms. The van der Waals surface area contributed by atoms with E-state index < -0.39 is 0 Å². The average molecular weight is 939 g/mol. The predicted molar refractivity (Wildman–Crippen MR) is 281 cm³/mol. The smallest absolute Gasteiger partial charge is 0.0936 e. The van der Waals surface area contributed by atoms with E-state index in [9.17, 15) is 0 Å². The quantitative estimate of drug-likeness (QED) is 0.0451. The molecular formula is C60H107NO6. The van der Waals surface area contributed by atoms with Crippen molar-refractivity contribution in [2.45, 2.75) is 214 Å². The van der Waals surface area contributed by atoms with Gasteiger partial charge in [-0.2, -0.15) is 0 Å². The van der Waals surface area contributed by atoms with E-state index >= 15 is 0 Å². The summed E-state index contributed by atoms with van der Waals surface area (Å²) in [5.74, 6) is 5.33. The van der Waals surface area contributed by atoms with Crippen molar-refractivity contribution in [3.63, 3.8) is 0 Å². The number of rotatable bonds is 38. The van der Waals surface area contributed by atoms with E-state index in [0.29, 0.717) is 76.4 Å². The van der Waals surface area contributed by atoms with Gasteiger partial charge in [-0.25, -0.2) is 0 Å². The Morgan fingerprint density at radius 3 is 2.04 bits per heavy atom. The molecule has 4 aliphatic carbocycles. The number of likely N-dealkylation sites (tertiary alicyclic amines) is 1. The Hall–Kier alpha value is -1.06. The number of nitrogens with zero attached hydrogens (tertiary/aromatic N) is 1. The molecule has 3 saturated carbocycles. The van der Waals surface area contributed by atoms with Crippen LogP contribution in [-0.2, 0) is 28.4 Å². The van der Waals surface area contributed by atoms with Gasteiger partial charge in [0, 0.05) is 13.2 Å². The molecule has 0 bridgehead atoms. The lowest BCUT2D eigenvalue weighted by Gasteiger charge is -2.58. The molecule has 1 aliphatic heterocycles. The highest BCUT2D eigenvalue weighted by Gasteiger charge is 2.59. The van der Waals surface area contributed by atoms with Crippen molar-refractivity contribution in [1.29, 1.82) is 0 Å². The molecule has 388 valence electrons. The predicted octanol–water partition coefficient (Wildman–Crippen LogP) is 14.8. The molecule has 1 unspecified atom stereocenters. The molecule has 5 aliphatic rings. The molecule has 0 N–H and O–H groups in total. The lowest BCUT2D eigenvalue weighted by Crippen LogP contribution is -2.51. The summed E-state index contributed by atoms with van der Waals surface area (Å²) in [4.78, 5) is 2.52. The first kappa shape index (κ1) is 56.8. The maximum absolute atomic E-state index is 6.44. The Morgan fingerprint density at radius 2 is 1.33 bits per heavy atom. The van der Waals surface area contributed by atoms with E-state index in [1.54, 1.807) is 5.57 Å². The Balaban J connectivity index is 0.828. The molecule has 0 amide bonds. The standard InChI is InChI=1S/C60H107NO6/c1-7-8-9-10-11-12-13-14-15-16-17-18-19-20-21-24-38-65-49-54(48-61-36-22-23-37-61)67-46-44-64-42-40-62-39-41-63-43-45-66-53-32-34-59(5)52(47-53)28-29-55-57-31-30-56(51(4)27-25-26-50(2)3)60(57,6)35-33-58(55)59/h11-12,14-15,28,50-51,53-58H,7-10,13,16-27,29-49H2,1-6H3/t51-,53+,54?,55+,56-,57+,58+,59+,60-/m1/s1. The molecule has 5 rings (SSSR count). The van der Waals surface area contributed by atoms with Crippen molar-refractivity contribution in [3.8, 4) is 0 Å². The van der Waals surface area contributed by atoms with Crippen LogP contribution in [0.25, 0.3) is 0 Å². The molecule has 1 heterocycles. The van der Waals surface area contributed by atoms with Crippen LogP contribution in [0.1, 0.15) is 202 Å². The van der Waals surface area contributed by atoms with Gasteiger partial charge in [-0.15, -0.1) is 0 Å². The van der Waals surface area contributed by atoms with E-state index in [1.807, 2.05) is 0 Å². The van der Waals surface area contributed by atoms with Crippen LogP contribution in [0.15, 0.2) is 36.0 Å². The third kappa shape index (κ3) is 19.8. The van der Waals surface area contributed by atoms with Gasteiger partial charge in [0.25, 0.3) is 0 Å². The summed E-state index contributed by atoms with van der Waals surface area (Å²) in [6.07, 6.45) is 45.3. The SMILES string of the molecule is CCCCCC=CCC=CCCCCCCCCOCC(CN1CCCC1)OCCOCCOCCOCCO[C@H]1CC[C@@]2(C)C(=CC[C@H]3[C@@H]4CC[C@H]([C@H](C)CCCC(C)C)[C@@]4(C)CC[C@@H]32)C1. The lowest BCUT2D eigenvalue weighted by molar-refractivity contribution is -0.0696. The topological polar surface area (TPSA) is 58.6 Å². The van der Waals surface area contributed by atoms with Gasteiger partial charge in [0.05, 0.1) is 71.7 Å². The summed E-state index contributed by atoms with van der Waals surface area (Å²) in [6, 6.07) is 0. The van der Waals surface area contributed by atoms with Crippen LogP contribution >= 0.6 is 0 Å². The molecule has 0 aromatic rings. The minimum atomic E-state index is 0.103. The second-order valence-corrected chi connectivity index (χ2v) is 23.0.